The van der Waals surface area contributed by atoms with Crippen molar-refractivity contribution < 1.29 is 0 Å². The quantitative estimate of drug-likeness (QED) is 0.546. The summed E-state index contributed by atoms with van der Waals surface area (Å²) in [5.41, 5.74) is 0. The van der Waals surface area contributed by atoms with E-state index in [1.54, 1.807) is 0 Å². The van der Waals surface area contributed by atoms with E-state index in [0.717, 1.165) is 17.2 Å². The summed E-state index contributed by atoms with van der Waals surface area (Å²) in [6.07, 6.45) is 3.72. The van der Waals surface area contributed by atoms with E-state index in [1.807, 2.05) is 6.92 Å². The molecule has 0 spiro atoms. The fraction of sp³-hybridized carbons (Fsp3) is 0.875. The highest BCUT2D eigenvalue weighted by atomic mass is 32.1. The molecule has 0 aliphatic rings. The molecule has 0 fully saturated rings. The molecule has 0 atom stereocenters. The minimum atomic E-state index is 0.833. The Kier molecular flexibility index (Phi) is 4.97. The average molecular weight is 144 g/mol. The zero-order chi connectivity index (χ0) is 7.28. The minimum Gasteiger partial charge on any atom is -0.0900 e. The van der Waals surface area contributed by atoms with Crippen molar-refractivity contribution in [2.24, 2.45) is 5.92 Å². The molecule has 0 unspecified atom stereocenters. The van der Waals surface area contributed by atoms with Crippen LogP contribution >= 0.6 is 12.2 Å². The topological polar surface area (TPSA) is 0 Å². The maximum absolute atomic E-state index is 4.95. The van der Waals surface area contributed by atoms with Crippen molar-refractivity contribution in [2.45, 2.75) is 40.0 Å². The average Bonchev–Trinajstić information content (AvgIpc) is 1.63. The summed E-state index contributed by atoms with van der Waals surface area (Å²) in [5, 5.41) is 0. The smallest absolute Gasteiger partial charge is 0.0102 e. The molecule has 9 heavy (non-hydrogen) atoms. The lowest BCUT2D eigenvalue weighted by molar-refractivity contribution is 0.565. The van der Waals surface area contributed by atoms with Gasteiger partial charge in [0.15, 0.2) is 0 Å². The monoisotopic (exact) mass is 144 g/mol. The van der Waals surface area contributed by atoms with Gasteiger partial charge >= 0.3 is 0 Å². The van der Waals surface area contributed by atoms with Gasteiger partial charge in [0.25, 0.3) is 0 Å². The second-order valence-corrected chi connectivity index (χ2v) is 3.69. The van der Waals surface area contributed by atoms with Gasteiger partial charge in [0, 0.05) is 0 Å². The fourth-order valence-corrected chi connectivity index (χ4v) is 0.904. The van der Waals surface area contributed by atoms with Crippen LogP contribution in [0.15, 0.2) is 0 Å². The van der Waals surface area contributed by atoms with Crippen LogP contribution in [0.5, 0.6) is 0 Å². The maximum atomic E-state index is 4.95. The normalized spacial score (nSPS) is 10.2. The highest BCUT2D eigenvalue weighted by Gasteiger charge is 1.93. The van der Waals surface area contributed by atoms with Gasteiger partial charge in [-0.3, -0.25) is 0 Å². The van der Waals surface area contributed by atoms with Crippen molar-refractivity contribution in [1.29, 1.82) is 0 Å². The van der Waals surface area contributed by atoms with E-state index in [1.165, 1.54) is 12.8 Å². The van der Waals surface area contributed by atoms with E-state index in [-0.39, 0.29) is 0 Å². The molecule has 0 bridgehead atoms. The predicted octanol–water partition coefficient (Wildman–Crippen LogP) is 3.20. The first-order valence-electron chi connectivity index (χ1n) is 3.62. The Morgan fingerprint density at radius 2 is 2.00 bits per heavy atom. The first-order valence-corrected chi connectivity index (χ1v) is 4.03. The Morgan fingerprint density at radius 1 is 1.44 bits per heavy atom. The summed E-state index contributed by atoms with van der Waals surface area (Å²) >= 11 is 4.95. The molecule has 0 aromatic carbocycles. The van der Waals surface area contributed by atoms with Gasteiger partial charge < -0.3 is 0 Å². The molecule has 0 heterocycles. The second kappa shape index (κ2) is 4.92. The van der Waals surface area contributed by atoms with Gasteiger partial charge in [-0.1, -0.05) is 32.5 Å². The second-order valence-electron chi connectivity index (χ2n) is 2.99. The van der Waals surface area contributed by atoms with Crippen LogP contribution < -0.4 is 0 Å². The van der Waals surface area contributed by atoms with E-state index in [9.17, 15) is 0 Å². The Labute approximate surface area is 63.7 Å². The molecule has 1 heteroatoms. The molecule has 54 valence electrons. The molecule has 0 saturated heterocycles. The largest absolute Gasteiger partial charge is 0.0900 e. The summed E-state index contributed by atoms with van der Waals surface area (Å²) in [6, 6.07) is 0. The first-order chi connectivity index (χ1) is 4.13. The molecule has 0 aliphatic carbocycles. The Bertz CT molecular complexity index is 84.6. The lowest BCUT2D eigenvalue weighted by Crippen LogP contribution is -1.90. The molecule has 0 aromatic heterocycles. The zero-order valence-corrected chi connectivity index (χ0v) is 7.42. The molecule has 0 N–H and O–H groups in total. The van der Waals surface area contributed by atoms with Gasteiger partial charge in [-0.2, -0.15) is 0 Å². The van der Waals surface area contributed by atoms with Gasteiger partial charge in [0.2, 0.25) is 0 Å². The van der Waals surface area contributed by atoms with Gasteiger partial charge in [0.05, 0.1) is 0 Å². The van der Waals surface area contributed by atoms with Crippen molar-refractivity contribution in [2.75, 3.05) is 0 Å². The summed E-state index contributed by atoms with van der Waals surface area (Å²) < 4.78 is 0. The van der Waals surface area contributed by atoms with E-state index in [2.05, 4.69) is 13.8 Å². The van der Waals surface area contributed by atoms with Crippen LogP contribution in [0.3, 0.4) is 0 Å². The Morgan fingerprint density at radius 3 is 2.33 bits per heavy atom. The van der Waals surface area contributed by atoms with Crippen LogP contribution in [-0.2, 0) is 0 Å². The van der Waals surface area contributed by atoms with Crippen molar-refractivity contribution in [3.63, 3.8) is 0 Å². The van der Waals surface area contributed by atoms with Crippen molar-refractivity contribution in [1.82, 2.24) is 0 Å². The molecule has 0 rings (SSSR count). The third-order valence-electron chi connectivity index (χ3n) is 1.31. The van der Waals surface area contributed by atoms with Crippen LogP contribution in [0.2, 0.25) is 0 Å². The van der Waals surface area contributed by atoms with Crippen molar-refractivity contribution in [3.8, 4) is 0 Å². The fourth-order valence-electron chi connectivity index (χ4n) is 0.759. The number of hydrogen-bond donors (Lipinski definition) is 0. The molecule has 0 aliphatic heterocycles. The van der Waals surface area contributed by atoms with Crippen molar-refractivity contribution in [3.05, 3.63) is 0 Å². The van der Waals surface area contributed by atoms with Gasteiger partial charge in [-0.25, -0.2) is 0 Å². The Balaban J connectivity index is 3.01. The lowest BCUT2D eigenvalue weighted by Gasteiger charge is -2.01. The molecular formula is C8H16S. The van der Waals surface area contributed by atoms with Crippen LogP contribution in [-0.4, -0.2) is 4.86 Å². The molecule has 0 amide bonds. The summed E-state index contributed by atoms with van der Waals surface area (Å²) in [5.74, 6) is 0.833. The number of rotatable bonds is 4. The highest BCUT2D eigenvalue weighted by Crippen LogP contribution is 2.06. The number of thiocarbonyl (C=S) groups is 1. The summed E-state index contributed by atoms with van der Waals surface area (Å²) in [7, 11) is 0. The van der Waals surface area contributed by atoms with Crippen LogP contribution in [0.1, 0.15) is 40.0 Å². The summed E-state index contributed by atoms with van der Waals surface area (Å²) in [4.78, 5) is 1.15. The maximum Gasteiger partial charge on any atom is -0.0102 e. The molecule has 0 nitrogen and oxygen atoms in total. The lowest BCUT2D eigenvalue weighted by atomic mass is 10.1. The van der Waals surface area contributed by atoms with Crippen molar-refractivity contribution >= 4 is 17.1 Å². The standard InChI is InChI=1S/C8H16S/c1-7(2)5-4-6-8(3)9/h7H,4-6H2,1-3H3. The van der Waals surface area contributed by atoms with Gasteiger partial charge in [-0.15, -0.1) is 0 Å². The number of hydrogen-bond acceptors (Lipinski definition) is 1. The predicted molar refractivity (Wildman–Crippen MR) is 47.0 cm³/mol. The van der Waals surface area contributed by atoms with Crippen LogP contribution in [0.25, 0.3) is 0 Å². The SMILES string of the molecule is CC(=S)CCCC(C)C. The van der Waals surface area contributed by atoms with Crippen LogP contribution in [0.4, 0.5) is 0 Å². The highest BCUT2D eigenvalue weighted by molar-refractivity contribution is 7.80. The molecule has 0 aromatic rings. The minimum absolute atomic E-state index is 0.833. The van der Waals surface area contributed by atoms with Gasteiger partial charge in [-0.05, 0) is 30.5 Å². The Hall–Kier alpha value is 0.0900. The van der Waals surface area contributed by atoms with Gasteiger partial charge in [0.1, 0.15) is 0 Å². The van der Waals surface area contributed by atoms with E-state index >= 15 is 0 Å². The van der Waals surface area contributed by atoms with E-state index in [4.69, 9.17) is 12.2 Å². The first kappa shape index (κ1) is 9.09. The third kappa shape index (κ3) is 8.09. The third-order valence-corrected chi connectivity index (χ3v) is 1.51. The molecule has 0 saturated carbocycles. The molecule has 0 radical (unpaired) electrons. The van der Waals surface area contributed by atoms with E-state index < -0.39 is 0 Å². The molecular weight excluding hydrogens is 128 g/mol. The van der Waals surface area contributed by atoms with E-state index in [0.29, 0.717) is 0 Å². The zero-order valence-electron chi connectivity index (χ0n) is 6.61. The summed E-state index contributed by atoms with van der Waals surface area (Å²) in [6.45, 7) is 6.52. The van der Waals surface area contributed by atoms with Crippen LogP contribution in [0, 0.1) is 5.92 Å².